The lowest BCUT2D eigenvalue weighted by molar-refractivity contribution is 0.333. The highest BCUT2D eigenvalue weighted by Gasteiger charge is 2.08. The zero-order valence-corrected chi connectivity index (χ0v) is 18.3. The summed E-state index contributed by atoms with van der Waals surface area (Å²) < 4.78 is 7.02. The van der Waals surface area contributed by atoms with Crippen molar-refractivity contribution in [1.82, 2.24) is 15.3 Å². The largest absolute Gasteiger partial charge is 0.493 e. The van der Waals surface area contributed by atoms with E-state index in [0.717, 1.165) is 31.8 Å². The van der Waals surface area contributed by atoms with Gasteiger partial charge in [0.05, 0.1) is 17.5 Å². The zero-order valence-electron chi connectivity index (χ0n) is 16.1. The minimum Gasteiger partial charge on any atom is -0.493 e. The van der Waals surface area contributed by atoms with E-state index in [-0.39, 0.29) is 5.56 Å². The predicted molar refractivity (Wildman–Crippen MR) is 122 cm³/mol. The summed E-state index contributed by atoms with van der Waals surface area (Å²) in [5, 5.41) is 7.26. The van der Waals surface area contributed by atoms with Gasteiger partial charge in [0.2, 0.25) is 5.95 Å². The van der Waals surface area contributed by atoms with Crippen LogP contribution in [0.25, 0.3) is 10.9 Å². The van der Waals surface area contributed by atoms with Crippen molar-refractivity contribution in [2.24, 2.45) is 0 Å². The maximum atomic E-state index is 12.1. The lowest BCUT2D eigenvalue weighted by Gasteiger charge is -2.14. The third kappa shape index (κ3) is 5.23. The van der Waals surface area contributed by atoms with Crippen molar-refractivity contribution in [2.75, 3.05) is 25.0 Å². The molecular formula is C21H25IN4O2. The second kappa shape index (κ2) is 9.88. The number of fused-ring (bicyclic) bond motifs is 1. The maximum Gasteiger partial charge on any atom is 0.260 e. The zero-order chi connectivity index (χ0) is 19.9. The Morgan fingerprint density at radius 1 is 1.21 bits per heavy atom. The molecule has 3 aromatic rings. The van der Waals surface area contributed by atoms with Crippen molar-refractivity contribution in [3.63, 3.8) is 0 Å². The molecule has 3 rings (SSSR count). The minimum absolute atomic E-state index is 0.122. The average Bonchev–Trinajstić information content (AvgIpc) is 2.67. The Morgan fingerprint density at radius 2 is 2.04 bits per heavy atom. The Morgan fingerprint density at radius 3 is 2.86 bits per heavy atom. The van der Waals surface area contributed by atoms with Crippen LogP contribution in [-0.2, 0) is 6.54 Å². The number of anilines is 1. The van der Waals surface area contributed by atoms with Crippen LogP contribution in [0.4, 0.5) is 5.95 Å². The third-order valence-electron chi connectivity index (χ3n) is 4.36. The summed E-state index contributed by atoms with van der Waals surface area (Å²) in [5.74, 6) is 1.49. The molecule has 0 radical (unpaired) electrons. The number of hydrogen-bond acceptors (Lipinski definition) is 5. The fourth-order valence-corrected chi connectivity index (χ4v) is 3.94. The SMILES string of the molecule is CCOc1c(C)cc(I)cc1CNCCCNc1nc2ccccc2c(=O)[nH]1. The van der Waals surface area contributed by atoms with Crippen molar-refractivity contribution in [1.29, 1.82) is 0 Å². The number of nitrogens with one attached hydrogen (secondary N) is 3. The fourth-order valence-electron chi connectivity index (χ4n) is 3.09. The van der Waals surface area contributed by atoms with Gasteiger partial charge in [-0.25, -0.2) is 4.98 Å². The molecule has 7 heteroatoms. The molecule has 0 fully saturated rings. The van der Waals surface area contributed by atoms with Crippen LogP contribution in [0, 0.1) is 10.5 Å². The number of H-pyrrole nitrogens is 1. The highest BCUT2D eigenvalue weighted by Crippen LogP contribution is 2.26. The summed E-state index contributed by atoms with van der Waals surface area (Å²) in [6.45, 7) is 7.08. The predicted octanol–water partition coefficient (Wildman–Crippen LogP) is 3.83. The molecular weight excluding hydrogens is 467 g/mol. The molecule has 0 spiro atoms. The van der Waals surface area contributed by atoms with Crippen LogP contribution in [0.5, 0.6) is 5.75 Å². The number of benzene rings is 2. The van der Waals surface area contributed by atoms with Crippen LogP contribution in [0.1, 0.15) is 24.5 Å². The topological polar surface area (TPSA) is 79.0 Å². The van der Waals surface area contributed by atoms with E-state index < -0.39 is 0 Å². The van der Waals surface area contributed by atoms with Crippen molar-refractivity contribution < 1.29 is 4.74 Å². The number of rotatable bonds is 9. The number of hydrogen-bond donors (Lipinski definition) is 3. The van der Waals surface area contributed by atoms with Gasteiger partial charge in [-0.1, -0.05) is 12.1 Å². The van der Waals surface area contributed by atoms with E-state index in [0.29, 0.717) is 23.5 Å². The van der Waals surface area contributed by atoms with Crippen molar-refractivity contribution in [2.45, 2.75) is 26.8 Å². The Labute approximate surface area is 178 Å². The molecule has 0 amide bonds. The van der Waals surface area contributed by atoms with E-state index in [2.05, 4.69) is 62.2 Å². The first-order valence-electron chi connectivity index (χ1n) is 9.44. The molecule has 1 heterocycles. The third-order valence-corrected chi connectivity index (χ3v) is 4.98. The molecule has 6 nitrogen and oxygen atoms in total. The molecule has 0 saturated heterocycles. The van der Waals surface area contributed by atoms with Gasteiger partial charge in [-0.3, -0.25) is 9.78 Å². The highest BCUT2D eigenvalue weighted by molar-refractivity contribution is 14.1. The standard InChI is InChI=1S/C21H25IN4O2/c1-3-28-19-14(2)11-16(22)12-15(19)13-23-9-6-10-24-21-25-18-8-5-4-7-17(18)20(27)26-21/h4-5,7-8,11-12,23H,3,6,9-10,13H2,1-2H3,(H2,24,25,26,27). The first kappa shape index (κ1) is 20.6. The molecule has 0 aliphatic rings. The smallest absolute Gasteiger partial charge is 0.260 e. The van der Waals surface area contributed by atoms with Gasteiger partial charge in [-0.2, -0.15) is 0 Å². The van der Waals surface area contributed by atoms with Crippen LogP contribution in [0.3, 0.4) is 0 Å². The van der Waals surface area contributed by atoms with E-state index in [1.165, 1.54) is 14.7 Å². The molecule has 148 valence electrons. The van der Waals surface area contributed by atoms with Gasteiger partial charge in [0.25, 0.3) is 5.56 Å². The van der Waals surface area contributed by atoms with Gasteiger partial charge in [-0.05, 0) is 79.2 Å². The molecule has 0 saturated carbocycles. The number of aryl methyl sites for hydroxylation is 1. The Bertz CT molecular complexity index is 1000. The van der Waals surface area contributed by atoms with Crippen LogP contribution in [-0.4, -0.2) is 29.7 Å². The van der Waals surface area contributed by atoms with E-state index in [4.69, 9.17) is 4.74 Å². The van der Waals surface area contributed by atoms with E-state index in [1.807, 2.05) is 25.1 Å². The molecule has 28 heavy (non-hydrogen) atoms. The second-order valence-corrected chi connectivity index (χ2v) is 7.78. The number of ether oxygens (including phenoxy) is 1. The number of halogens is 1. The quantitative estimate of drug-likeness (QED) is 0.313. The molecule has 2 aromatic carbocycles. The average molecular weight is 492 g/mol. The second-order valence-electron chi connectivity index (χ2n) is 6.53. The summed E-state index contributed by atoms with van der Waals surface area (Å²) in [6, 6.07) is 11.6. The molecule has 0 unspecified atom stereocenters. The van der Waals surface area contributed by atoms with Gasteiger partial charge in [0, 0.05) is 22.2 Å². The van der Waals surface area contributed by atoms with Crippen LogP contribution in [0.15, 0.2) is 41.2 Å². The van der Waals surface area contributed by atoms with Crippen molar-refractivity contribution >= 4 is 39.4 Å². The van der Waals surface area contributed by atoms with Gasteiger partial charge < -0.3 is 15.4 Å². The number of nitrogens with zero attached hydrogens (tertiary/aromatic N) is 1. The Hall–Kier alpha value is -2.13. The van der Waals surface area contributed by atoms with Gasteiger partial charge in [0.15, 0.2) is 0 Å². The first-order chi connectivity index (χ1) is 13.6. The molecule has 0 aliphatic heterocycles. The lowest BCUT2D eigenvalue weighted by Crippen LogP contribution is -2.20. The van der Waals surface area contributed by atoms with Gasteiger partial charge in [-0.15, -0.1) is 0 Å². The summed E-state index contributed by atoms with van der Waals surface area (Å²) >= 11 is 2.34. The molecule has 0 aliphatic carbocycles. The van der Waals surface area contributed by atoms with E-state index in [9.17, 15) is 4.79 Å². The number of aromatic nitrogens is 2. The van der Waals surface area contributed by atoms with Gasteiger partial charge in [0.1, 0.15) is 5.75 Å². The van der Waals surface area contributed by atoms with Crippen molar-refractivity contribution in [3.05, 3.63) is 61.4 Å². The van der Waals surface area contributed by atoms with Gasteiger partial charge >= 0.3 is 0 Å². The fraction of sp³-hybridized carbons (Fsp3) is 0.333. The molecule has 1 aromatic heterocycles. The van der Waals surface area contributed by atoms with Crippen molar-refractivity contribution in [3.8, 4) is 5.75 Å². The number of aromatic amines is 1. The first-order valence-corrected chi connectivity index (χ1v) is 10.5. The van der Waals surface area contributed by atoms with Crippen LogP contribution in [0.2, 0.25) is 0 Å². The summed E-state index contributed by atoms with van der Waals surface area (Å²) in [4.78, 5) is 19.3. The highest BCUT2D eigenvalue weighted by atomic mass is 127. The van der Waals surface area contributed by atoms with E-state index in [1.54, 1.807) is 6.07 Å². The Kier molecular flexibility index (Phi) is 7.27. The molecule has 3 N–H and O–H groups in total. The maximum absolute atomic E-state index is 12.1. The van der Waals surface area contributed by atoms with E-state index >= 15 is 0 Å². The summed E-state index contributed by atoms with van der Waals surface area (Å²) in [5.41, 5.74) is 2.92. The minimum atomic E-state index is -0.122. The van der Waals surface area contributed by atoms with Crippen LogP contribution < -0.4 is 20.9 Å². The number of para-hydroxylation sites is 1. The van der Waals surface area contributed by atoms with Crippen LogP contribution >= 0.6 is 22.6 Å². The normalized spacial score (nSPS) is 11.0. The lowest BCUT2D eigenvalue weighted by atomic mass is 10.1. The summed E-state index contributed by atoms with van der Waals surface area (Å²) in [7, 11) is 0. The molecule has 0 atom stereocenters. The summed E-state index contributed by atoms with van der Waals surface area (Å²) in [6.07, 6.45) is 0.906. The molecule has 0 bridgehead atoms. The monoisotopic (exact) mass is 492 g/mol. The Balaban J connectivity index is 1.49.